The summed E-state index contributed by atoms with van der Waals surface area (Å²) in [5, 5.41) is 2.99. The molecule has 4 aliphatic rings. The Morgan fingerprint density at radius 3 is 2.86 bits per heavy atom. The summed E-state index contributed by atoms with van der Waals surface area (Å²) in [6.07, 6.45) is 12.7. The highest BCUT2D eigenvalue weighted by Crippen LogP contribution is 2.41. The van der Waals surface area contributed by atoms with E-state index in [0.717, 1.165) is 50.1 Å². The van der Waals surface area contributed by atoms with Crippen molar-refractivity contribution in [3.05, 3.63) is 71.4 Å². The van der Waals surface area contributed by atoms with Crippen molar-refractivity contribution in [2.75, 3.05) is 25.0 Å². The molecule has 6 nitrogen and oxygen atoms in total. The summed E-state index contributed by atoms with van der Waals surface area (Å²) < 4.78 is 0. The molecule has 1 aromatic carbocycles. The molecule has 4 heterocycles. The van der Waals surface area contributed by atoms with E-state index in [4.69, 9.17) is 0 Å². The van der Waals surface area contributed by atoms with Gasteiger partial charge < -0.3 is 10.2 Å². The minimum atomic E-state index is 0.0397. The summed E-state index contributed by atoms with van der Waals surface area (Å²) in [4.78, 5) is 34.3. The lowest BCUT2D eigenvalue weighted by Crippen LogP contribution is -2.42. The number of nitrogens with one attached hydrogen (secondary N) is 1. The number of aromatic nitrogens is 1. The fourth-order valence-electron chi connectivity index (χ4n) is 6.20. The minimum Gasteiger partial charge on any atom is -0.338 e. The Balaban J connectivity index is 1.12. The number of anilines is 1. The Labute approximate surface area is 206 Å². The van der Waals surface area contributed by atoms with Gasteiger partial charge in [0.25, 0.3) is 0 Å². The molecule has 2 saturated heterocycles. The van der Waals surface area contributed by atoms with E-state index in [1.54, 1.807) is 12.3 Å². The van der Waals surface area contributed by atoms with Crippen LogP contribution in [0.5, 0.6) is 0 Å². The molecule has 3 atom stereocenters. The first-order valence-corrected chi connectivity index (χ1v) is 12.9. The normalized spacial score (nSPS) is 26.4. The molecule has 1 N–H and O–H groups in total. The molecule has 1 unspecified atom stereocenters. The van der Waals surface area contributed by atoms with Gasteiger partial charge in [-0.15, -0.1) is 0 Å². The fourth-order valence-corrected chi connectivity index (χ4v) is 6.20. The van der Waals surface area contributed by atoms with E-state index in [2.05, 4.69) is 51.6 Å². The summed E-state index contributed by atoms with van der Waals surface area (Å²) in [6.45, 7) is 3.41. The van der Waals surface area contributed by atoms with Crippen molar-refractivity contribution in [3.63, 3.8) is 0 Å². The number of hydrogen-bond donors (Lipinski definition) is 1. The Hall–Kier alpha value is -3.25. The SMILES string of the molecule is O=C1CC2CCCCN2Cc2cc(/C=C/C(=O)N3C[C@@H]4CC(c5ccccc5)=C[C@@H]4C3)cnc2N1. The number of allylic oxidation sites excluding steroid dienone is 1. The zero-order valence-electron chi connectivity index (χ0n) is 20.0. The topological polar surface area (TPSA) is 65.5 Å². The third kappa shape index (κ3) is 4.67. The van der Waals surface area contributed by atoms with E-state index in [9.17, 15) is 9.59 Å². The maximum Gasteiger partial charge on any atom is 0.246 e. The number of fused-ring (bicyclic) bond motifs is 3. The number of carbonyl (C=O) groups is 2. The molecule has 35 heavy (non-hydrogen) atoms. The van der Waals surface area contributed by atoms with Crippen molar-refractivity contribution in [2.24, 2.45) is 11.8 Å². The predicted molar refractivity (Wildman–Crippen MR) is 137 cm³/mol. The Bertz CT molecular complexity index is 1190. The fraction of sp³-hybridized carbons (Fsp3) is 0.414. The van der Waals surface area contributed by atoms with E-state index >= 15 is 0 Å². The number of amides is 2. The number of carbonyl (C=O) groups excluding carboxylic acids is 2. The number of benzene rings is 1. The summed E-state index contributed by atoms with van der Waals surface area (Å²) in [7, 11) is 0. The lowest BCUT2D eigenvalue weighted by Gasteiger charge is -2.37. The second-order valence-corrected chi connectivity index (χ2v) is 10.4. The first-order chi connectivity index (χ1) is 17.1. The summed E-state index contributed by atoms with van der Waals surface area (Å²) >= 11 is 0. The van der Waals surface area contributed by atoms with E-state index in [0.29, 0.717) is 30.1 Å². The van der Waals surface area contributed by atoms with Gasteiger partial charge in [-0.3, -0.25) is 14.5 Å². The van der Waals surface area contributed by atoms with Crippen LogP contribution in [-0.4, -0.2) is 52.3 Å². The van der Waals surface area contributed by atoms with Gasteiger partial charge in [0.15, 0.2) is 0 Å². The lowest BCUT2D eigenvalue weighted by atomic mass is 9.97. The van der Waals surface area contributed by atoms with Crippen LogP contribution in [0.25, 0.3) is 11.6 Å². The van der Waals surface area contributed by atoms with E-state index < -0.39 is 0 Å². The van der Waals surface area contributed by atoms with Crippen LogP contribution in [0, 0.1) is 11.8 Å². The molecule has 0 spiro atoms. The zero-order valence-corrected chi connectivity index (χ0v) is 20.0. The molecule has 0 radical (unpaired) electrons. The van der Waals surface area contributed by atoms with Gasteiger partial charge in [0.2, 0.25) is 11.8 Å². The van der Waals surface area contributed by atoms with Gasteiger partial charge >= 0.3 is 0 Å². The summed E-state index contributed by atoms with van der Waals surface area (Å²) in [6, 6.07) is 12.9. The summed E-state index contributed by atoms with van der Waals surface area (Å²) in [5.41, 5.74) is 4.64. The van der Waals surface area contributed by atoms with Gasteiger partial charge in [0.1, 0.15) is 5.82 Å². The van der Waals surface area contributed by atoms with Crippen molar-refractivity contribution in [1.82, 2.24) is 14.8 Å². The molecule has 6 heteroatoms. The van der Waals surface area contributed by atoms with Crippen LogP contribution in [0.15, 0.2) is 54.7 Å². The molecule has 0 bridgehead atoms. The van der Waals surface area contributed by atoms with Crippen LogP contribution in [0.2, 0.25) is 0 Å². The zero-order chi connectivity index (χ0) is 23.8. The second-order valence-electron chi connectivity index (χ2n) is 10.4. The second kappa shape index (κ2) is 9.42. The van der Waals surface area contributed by atoms with Gasteiger partial charge in [0.05, 0.1) is 0 Å². The molecule has 6 rings (SSSR count). The number of pyridine rings is 1. The third-order valence-corrected chi connectivity index (χ3v) is 8.05. The first-order valence-electron chi connectivity index (χ1n) is 12.9. The number of piperidine rings is 1. The van der Waals surface area contributed by atoms with Gasteiger partial charge in [-0.05, 0) is 66.5 Å². The van der Waals surface area contributed by atoms with Crippen molar-refractivity contribution in [3.8, 4) is 0 Å². The van der Waals surface area contributed by atoms with Crippen LogP contribution in [0.3, 0.4) is 0 Å². The smallest absolute Gasteiger partial charge is 0.246 e. The number of rotatable bonds is 3. The molecule has 1 aromatic heterocycles. The molecule has 3 aliphatic heterocycles. The lowest BCUT2D eigenvalue weighted by molar-refractivity contribution is -0.125. The number of nitrogens with zero attached hydrogens (tertiary/aromatic N) is 3. The molecule has 2 fully saturated rings. The molecular weight excluding hydrogens is 436 g/mol. The van der Waals surface area contributed by atoms with Crippen LogP contribution >= 0.6 is 0 Å². The molecule has 1 aliphatic carbocycles. The van der Waals surface area contributed by atoms with Crippen LogP contribution in [-0.2, 0) is 16.1 Å². The van der Waals surface area contributed by atoms with Crippen molar-refractivity contribution >= 4 is 29.3 Å². The largest absolute Gasteiger partial charge is 0.338 e. The predicted octanol–water partition coefficient (Wildman–Crippen LogP) is 4.35. The Kier molecular flexibility index (Phi) is 5.98. The number of likely N-dealkylation sites (tertiary alicyclic amines) is 1. The van der Waals surface area contributed by atoms with E-state index in [1.165, 1.54) is 24.0 Å². The van der Waals surface area contributed by atoms with Crippen molar-refractivity contribution in [2.45, 2.75) is 44.7 Å². The molecule has 2 amide bonds. The Morgan fingerprint density at radius 2 is 2.00 bits per heavy atom. The average molecular weight is 469 g/mol. The Morgan fingerprint density at radius 1 is 1.11 bits per heavy atom. The van der Waals surface area contributed by atoms with Gasteiger partial charge in [0, 0.05) is 49.9 Å². The van der Waals surface area contributed by atoms with Crippen molar-refractivity contribution < 1.29 is 9.59 Å². The monoisotopic (exact) mass is 468 g/mol. The highest BCUT2D eigenvalue weighted by molar-refractivity contribution is 5.93. The van der Waals surface area contributed by atoms with Crippen molar-refractivity contribution in [1.29, 1.82) is 0 Å². The highest BCUT2D eigenvalue weighted by atomic mass is 16.2. The standard InChI is InChI=1S/C29H32N4O2/c34-27-15-26-8-4-5-11-32(26)19-25-12-20(16-30-29(25)31-27)9-10-28(35)33-17-23-13-22(14-24(23)18-33)21-6-2-1-3-7-21/h1-3,6-7,9-10,12-13,16,23-24,26H,4-5,8,11,14-15,17-19H2,(H,30,31,34)/b10-9+/t23-,24+,26?/m1/s1. The van der Waals surface area contributed by atoms with E-state index in [-0.39, 0.29) is 11.8 Å². The molecule has 2 aromatic rings. The third-order valence-electron chi connectivity index (χ3n) is 8.05. The maximum atomic E-state index is 13.0. The van der Waals surface area contributed by atoms with Crippen LogP contribution < -0.4 is 5.32 Å². The first kappa shape index (κ1) is 22.2. The molecular formula is C29H32N4O2. The van der Waals surface area contributed by atoms with Crippen LogP contribution in [0.1, 0.15) is 48.8 Å². The van der Waals surface area contributed by atoms with Gasteiger partial charge in [-0.2, -0.15) is 0 Å². The van der Waals surface area contributed by atoms with Gasteiger partial charge in [-0.1, -0.05) is 42.8 Å². The van der Waals surface area contributed by atoms with Crippen LogP contribution in [0.4, 0.5) is 5.82 Å². The van der Waals surface area contributed by atoms with Gasteiger partial charge in [-0.25, -0.2) is 4.98 Å². The molecule has 0 saturated carbocycles. The quantitative estimate of drug-likeness (QED) is 0.680. The summed E-state index contributed by atoms with van der Waals surface area (Å²) in [5.74, 6) is 1.71. The molecule has 180 valence electrons. The van der Waals surface area contributed by atoms with E-state index in [1.807, 2.05) is 17.0 Å². The average Bonchev–Trinajstić information content (AvgIpc) is 3.44. The minimum absolute atomic E-state index is 0.0397. The highest BCUT2D eigenvalue weighted by Gasteiger charge is 2.37. The maximum absolute atomic E-state index is 13.0. The number of hydrogen-bond acceptors (Lipinski definition) is 4.